The summed E-state index contributed by atoms with van der Waals surface area (Å²) < 4.78 is 30.9. The largest absolute Gasteiger partial charge is 0.451 e. The van der Waals surface area contributed by atoms with Crippen LogP contribution in [0.3, 0.4) is 0 Å². The molecule has 7 heteroatoms. The Kier molecular flexibility index (Phi) is 5.11. The fraction of sp³-hybridized carbons (Fsp3) is 0.211. The van der Waals surface area contributed by atoms with Gasteiger partial charge in [-0.3, -0.25) is 4.79 Å². The van der Waals surface area contributed by atoms with E-state index < -0.39 is 10.0 Å². The predicted octanol–water partition coefficient (Wildman–Crippen LogP) is 2.72. The number of furan rings is 1. The van der Waals surface area contributed by atoms with Crippen LogP contribution in [-0.2, 0) is 22.3 Å². The fourth-order valence-corrected chi connectivity index (χ4v) is 3.36. The standard InChI is InChI=1S/C19H20N2O4S/c1-13-3-8-17-16(9-13)10-18(25-17)19(22)21-11-14-4-6-15(7-5-14)12-26(23,24)20-2/h3-10,20H,11-12H2,1-2H3,(H,21,22). The molecule has 0 fully saturated rings. The molecule has 0 aliphatic rings. The number of hydrogen-bond donors (Lipinski definition) is 2. The first-order valence-corrected chi connectivity index (χ1v) is 9.79. The van der Waals surface area contributed by atoms with Crippen LogP contribution in [0.4, 0.5) is 0 Å². The van der Waals surface area contributed by atoms with Crippen molar-refractivity contribution in [1.82, 2.24) is 10.0 Å². The number of sulfonamides is 1. The van der Waals surface area contributed by atoms with Crippen LogP contribution in [0.1, 0.15) is 27.2 Å². The van der Waals surface area contributed by atoms with Crippen molar-refractivity contribution in [2.24, 2.45) is 0 Å². The number of amides is 1. The van der Waals surface area contributed by atoms with Gasteiger partial charge >= 0.3 is 0 Å². The summed E-state index contributed by atoms with van der Waals surface area (Å²) in [5.41, 5.74) is 3.33. The van der Waals surface area contributed by atoms with Gasteiger partial charge in [0.25, 0.3) is 5.91 Å². The van der Waals surface area contributed by atoms with Gasteiger partial charge in [0, 0.05) is 11.9 Å². The summed E-state index contributed by atoms with van der Waals surface area (Å²) in [7, 11) is -1.91. The Hall–Kier alpha value is -2.64. The Morgan fingerprint density at radius 3 is 2.42 bits per heavy atom. The molecule has 3 rings (SSSR count). The molecule has 0 aliphatic heterocycles. The monoisotopic (exact) mass is 372 g/mol. The molecule has 0 unspecified atom stereocenters. The lowest BCUT2D eigenvalue weighted by Gasteiger charge is -2.06. The topological polar surface area (TPSA) is 88.4 Å². The summed E-state index contributed by atoms with van der Waals surface area (Å²) in [6.07, 6.45) is 0. The minimum Gasteiger partial charge on any atom is -0.451 e. The van der Waals surface area contributed by atoms with Crippen LogP contribution >= 0.6 is 0 Å². The smallest absolute Gasteiger partial charge is 0.287 e. The number of carbonyl (C=O) groups excluding carboxylic acids is 1. The van der Waals surface area contributed by atoms with Gasteiger partial charge in [-0.15, -0.1) is 0 Å². The lowest BCUT2D eigenvalue weighted by atomic mass is 10.1. The maximum Gasteiger partial charge on any atom is 0.287 e. The second kappa shape index (κ2) is 7.31. The zero-order valence-electron chi connectivity index (χ0n) is 14.6. The quantitative estimate of drug-likeness (QED) is 0.696. The maximum absolute atomic E-state index is 12.3. The summed E-state index contributed by atoms with van der Waals surface area (Å²) >= 11 is 0. The average molecular weight is 372 g/mol. The average Bonchev–Trinajstić information content (AvgIpc) is 3.04. The lowest BCUT2D eigenvalue weighted by Crippen LogP contribution is -2.22. The Labute approximate surface area is 152 Å². The zero-order chi connectivity index (χ0) is 18.7. The van der Waals surface area contributed by atoms with Crippen LogP contribution in [0.2, 0.25) is 0 Å². The molecule has 0 saturated carbocycles. The van der Waals surface area contributed by atoms with Crippen LogP contribution in [0.15, 0.2) is 52.9 Å². The van der Waals surface area contributed by atoms with Gasteiger partial charge in [-0.1, -0.05) is 35.9 Å². The summed E-state index contributed by atoms with van der Waals surface area (Å²) in [5, 5.41) is 3.70. The number of fused-ring (bicyclic) bond motifs is 1. The molecule has 6 nitrogen and oxygen atoms in total. The number of hydrogen-bond acceptors (Lipinski definition) is 4. The van der Waals surface area contributed by atoms with Crippen molar-refractivity contribution >= 4 is 26.9 Å². The minimum atomic E-state index is -3.30. The SMILES string of the molecule is CNS(=O)(=O)Cc1ccc(CNC(=O)c2cc3cc(C)ccc3o2)cc1. The Bertz CT molecular complexity index is 1040. The normalized spacial score (nSPS) is 11.6. The summed E-state index contributed by atoms with van der Waals surface area (Å²) in [5.74, 6) is -0.0998. The second-order valence-corrected chi connectivity index (χ2v) is 8.04. The molecule has 2 aromatic carbocycles. The molecule has 1 aromatic heterocycles. The molecule has 26 heavy (non-hydrogen) atoms. The van der Waals surface area contributed by atoms with E-state index in [1.54, 1.807) is 30.3 Å². The third-order valence-electron chi connectivity index (χ3n) is 4.04. The van der Waals surface area contributed by atoms with Crippen LogP contribution < -0.4 is 10.0 Å². The van der Waals surface area contributed by atoms with Crippen molar-refractivity contribution in [3.63, 3.8) is 0 Å². The summed E-state index contributed by atoms with van der Waals surface area (Å²) in [4.78, 5) is 12.3. The molecule has 0 bridgehead atoms. The molecule has 1 heterocycles. The Balaban J connectivity index is 1.63. The summed E-state index contributed by atoms with van der Waals surface area (Å²) in [6, 6.07) is 14.5. The van der Waals surface area contributed by atoms with Crippen molar-refractivity contribution in [3.8, 4) is 0 Å². The first-order valence-electron chi connectivity index (χ1n) is 8.14. The van der Waals surface area contributed by atoms with Crippen molar-refractivity contribution < 1.29 is 17.6 Å². The highest BCUT2D eigenvalue weighted by atomic mass is 32.2. The number of benzene rings is 2. The number of carbonyl (C=O) groups is 1. The van der Waals surface area contributed by atoms with E-state index in [9.17, 15) is 13.2 Å². The zero-order valence-corrected chi connectivity index (χ0v) is 15.4. The van der Waals surface area contributed by atoms with Crippen LogP contribution in [0.5, 0.6) is 0 Å². The van der Waals surface area contributed by atoms with E-state index in [1.165, 1.54) is 7.05 Å². The van der Waals surface area contributed by atoms with E-state index in [-0.39, 0.29) is 17.4 Å². The van der Waals surface area contributed by atoms with E-state index in [2.05, 4.69) is 10.0 Å². The van der Waals surface area contributed by atoms with Crippen LogP contribution in [-0.4, -0.2) is 21.4 Å². The van der Waals surface area contributed by atoms with Gasteiger partial charge in [0.15, 0.2) is 5.76 Å². The van der Waals surface area contributed by atoms with E-state index in [0.717, 1.165) is 16.5 Å². The molecule has 0 atom stereocenters. The predicted molar refractivity (Wildman–Crippen MR) is 100 cm³/mol. The summed E-state index contributed by atoms with van der Waals surface area (Å²) in [6.45, 7) is 2.31. The van der Waals surface area contributed by atoms with E-state index in [4.69, 9.17) is 4.42 Å². The van der Waals surface area contributed by atoms with Crippen LogP contribution in [0, 0.1) is 6.92 Å². The van der Waals surface area contributed by atoms with Gasteiger partial charge in [-0.25, -0.2) is 13.1 Å². The highest BCUT2D eigenvalue weighted by molar-refractivity contribution is 7.88. The Morgan fingerprint density at radius 2 is 1.73 bits per heavy atom. The molecule has 0 radical (unpaired) electrons. The van der Waals surface area contributed by atoms with Gasteiger partial charge in [0.05, 0.1) is 5.75 Å². The van der Waals surface area contributed by atoms with Crippen LogP contribution in [0.25, 0.3) is 11.0 Å². The molecule has 0 aliphatic carbocycles. The fourth-order valence-electron chi connectivity index (χ4n) is 2.59. The van der Waals surface area contributed by atoms with E-state index in [0.29, 0.717) is 17.7 Å². The molecule has 3 aromatic rings. The molecule has 2 N–H and O–H groups in total. The highest BCUT2D eigenvalue weighted by Crippen LogP contribution is 2.20. The van der Waals surface area contributed by atoms with E-state index in [1.807, 2.05) is 25.1 Å². The van der Waals surface area contributed by atoms with E-state index >= 15 is 0 Å². The third-order valence-corrected chi connectivity index (χ3v) is 5.37. The highest BCUT2D eigenvalue weighted by Gasteiger charge is 2.12. The van der Waals surface area contributed by atoms with Gasteiger partial charge in [-0.2, -0.15) is 0 Å². The van der Waals surface area contributed by atoms with Crippen molar-refractivity contribution in [1.29, 1.82) is 0 Å². The molecule has 0 saturated heterocycles. The minimum absolute atomic E-state index is 0.0749. The lowest BCUT2D eigenvalue weighted by molar-refractivity contribution is 0.0925. The van der Waals surface area contributed by atoms with Crippen molar-refractivity contribution in [2.75, 3.05) is 7.05 Å². The molecule has 136 valence electrons. The number of aryl methyl sites for hydroxylation is 1. The van der Waals surface area contributed by atoms with Gasteiger partial charge in [0.1, 0.15) is 5.58 Å². The Morgan fingerprint density at radius 1 is 1.04 bits per heavy atom. The second-order valence-electron chi connectivity index (χ2n) is 6.11. The molecule has 1 amide bonds. The molecular formula is C19H20N2O4S. The van der Waals surface area contributed by atoms with Crippen molar-refractivity contribution in [2.45, 2.75) is 19.2 Å². The van der Waals surface area contributed by atoms with Gasteiger partial charge in [0.2, 0.25) is 10.0 Å². The number of nitrogens with one attached hydrogen (secondary N) is 2. The van der Waals surface area contributed by atoms with Gasteiger partial charge in [-0.05, 0) is 43.3 Å². The number of rotatable bonds is 6. The van der Waals surface area contributed by atoms with Gasteiger partial charge < -0.3 is 9.73 Å². The third kappa shape index (κ3) is 4.30. The van der Waals surface area contributed by atoms with Crippen molar-refractivity contribution in [3.05, 3.63) is 71.0 Å². The maximum atomic E-state index is 12.3. The first-order chi connectivity index (χ1) is 12.4. The molecule has 0 spiro atoms. The first kappa shape index (κ1) is 18.2. The molecular weight excluding hydrogens is 352 g/mol.